The van der Waals surface area contributed by atoms with Crippen molar-refractivity contribution in [2.24, 2.45) is 0 Å². The molecule has 9 rings (SSSR count). The minimum atomic E-state index is -0.0829. The molecule has 0 bridgehead atoms. The van der Waals surface area contributed by atoms with Crippen LogP contribution >= 0.6 is 0 Å². The van der Waals surface area contributed by atoms with E-state index in [1.54, 1.807) is 0 Å². The van der Waals surface area contributed by atoms with Gasteiger partial charge in [-0.05, 0) is 57.8 Å². The van der Waals surface area contributed by atoms with Crippen LogP contribution in [0.15, 0.2) is 164 Å². The van der Waals surface area contributed by atoms with Crippen LogP contribution < -0.4 is 21.4 Å². The van der Waals surface area contributed by atoms with E-state index in [1.165, 1.54) is 43.8 Å². The van der Waals surface area contributed by atoms with Gasteiger partial charge in [0.25, 0.3) is 6.71 Å². The summed E-state index contributed by atoms with van der Waals surface area (Å²) in [6, 6.07) is 51.0. The standard InChI is InChI=1S/C41H27BN4/c1-3-15-29(16-4-1)46(30-17-5-2-6-18-30)39-27-44-38(26-45-39)42-35-22-10-9-20-33(35)40-34(25-43-37-24-12-23-36(42)41(37)40)32-21-11-14-28-13-7-8-19-31(28)32/h1-27H. The molecule has 0 atom stereocenters. The van der Waals surface area contributed by atoms with Crippen molar-refractivity contribution in [1.82, 2.24) is 15.0 Å². The van der Waals surface area contributed by atoms with Gasteiger partial charge in [0.15, 0.2) is 5.82 Å². The van der Waals surface area contributed by atoms with Crippen LogP contribution in [0.1, 0.15) is 0 Å². The molecule has 2 aromatic heterocycles. The topological polar surface area (TPSA) is 41.9 Å². The molecule has 1 aliphatic heterocycles. The van der Waals surface area contributed by atoms with Gasteiger partial charge in [0.2, 0.25) is 0 Å². The summed E-state index contributed by atoms with van der Waals surface area (Å²) in [6.45, 7) is -0.0829. The minimum Gasteiger partial charge on any atom is -0.294 e. The second-order valence-electron chi connectivity index (χ2n) is 11.6. The van der Waals surface area contributed by atoms with E-state index in [9.17, 15) is 0 Å². The van der Waals surface area contributed by atoms with E-state index in [0.717, 1.165) is 33.9 Å². The molecular formula is C41H27BN4. The van der Waals surface area contributed by atoms with Gasteiger partial charge in [0.1, 0.15) is 0 Å². The van der Waals surface area contributed by atoms with Crippen LogP contribution in [0.5, 0.6) is 0 Å². The van der Waals surface area contributed by atoms with Crippen LogP contribution in [0.3, 0.4) is 0 Å². The Balaban J connectivity index is 1.23. The Labute approximate surface area is 267 Å². The number of hydrogen-bond acceptors (Lipinski definition) is 4. The molecule has 0 spiro atoms. The van der Waals surface area contributed by atoms with Crippen molar-refractivity contribution in [3.63, 3.8) is 0 Å². The highest BCUT2D eigenvalue weighted by Gasteiger charge is 2.34. The van der Waals surface area contributed by atoms with Crippen molar-refractivity contribution in [3.05, 3.63) is 164 Å². The molecule has 0 aliphatic carbocycles. The average Bonchev–Trinajstić information content (AvgIpc) is 3.13. The first-order valence-corrected chi connectivity index (χ1v) is 15.6. The summed E-state index contributed by atoms with van der Waals surface area (Å²) >= 11 is 0. The second kappa shape index (κ2) is 10.8. The Hall–Kier alpha value is -6.07. The molecule has 1 aliphatic rings. The SMILES string of the molecule is c1ccc(N(c2ccccc2)c2cnc(B3c4ccccc4-c4c(-c5cccc6ccccc56)cnc5cccc3c45)cn2)cc1. The number of fused-ring (bicyclic) bond motifs is 3. The first-order chi connectivity index (χ1) is 22.8. The molecule has 0 amide bonds. The van der Waals surface area contributed by atoms with Gasteiger partial charge >= 0.3 is 0 Å². The molecule has 214 valence electrons. The van der Waals surface area contributed by atoms with Crippen molar-refractivity contribution < 1.29 is 0 Å². The smallest absolute Gasteiger partial charge is 0.268 e. The maximum absolute atomic E-state index is 5.13. The number of pyridine rings is 1. The zero-order valence-electron chi connectivity index (χ0n) is 25.0. The van der Waals surface area contributed by atoms with Crippen molar-refractivity contribution in [2.75, 3.05) is 4.90 Å². The summed E-state index contributed by atoms with van der Waals surface area (Å²) in [4.78, 5) is 17.3. The quantitative estimate of drug-likeness (QED) is 0.193. The van der Waals surface area contributed by atoms with Gasteiger partial charge in [-0.25, -0.2) is 4.98 Å². The van der Waals surface area contributed by atoms with Crippen LogP contribution in [0.25, 0.3) is 43.9 Å². The molecule has 4 nitrogen and oxygen atoms in total. The molecule has 8 aromatic rings. The molecule has 5 heteroatoms. The average molecular weight is 587 g/mol. The van der Waals surface area contributed by atoms with Gasteiger partial charge in [-0.2, -0.15) is 0 Å². The van der Waals surface area contributed by atoms with E-state index < -0.39 is 0 Å². The van der Waals surface area contributed by atoms with Gasteiger partial charge in [-0.15, -0.1) is 0 Å². The number of anilines is 3. The predicted molar refractivity (Wildman–Crippen MR) is 191 cm³/mol. The molecule has 0 saturated carbocycles. The lowest BCUT2D eigenvalue weighted by Crippen LogP contribution is -2.56. The minimum absolute atomic E-state index is 0.0829. The molecule has 0 fully saturated rings. The first kappa shape index (κ1) is 26.3. The van der Waals surface area contributed by atoms with Crippen LogP contribution in [0, 0.1) is 0 Å². The van der Waals surface area contributed by atoms with Gasteiger partial charge in [0.05, 0.1) is 11.7 Å². The zero-order chi connectivity index (χ0) is 30.5. The number of rotatable bonds is 5. The Kier molecular flexibility index (Phi) is 6.20. The van der Waals surface area contributed by atoms with E-state index in [4.69, 9.17) is 15.0 Å². The lowest BCUT2D eigenvalue weighted by Gasteiger charge is -2.28. The van der Waals surface area contributed by atoms with E-state index in [0.29, 0.717) is 0 Å². The molecule has 6 aromatic carbocycles. The maximum Gasteiger partial charge on any atom is 0.268 e. The van der Waals surface area contributed by atoms with Crippen molar-refractivity contribution in [2.45, 2.75) is 0 Å². The Morgan fingerprint density at radius 1 is 0.457 bits per heavy atom. The third-order valence-corrected chi connectivity index (χ3v) is 9.07. The van der Waals surface area contributed by atoms with Gasteiger partial charge in [-0.3, -0.25) is 14.9 Å². The van der Waals surface area contributed by atoms with Crippen molar-refractivity contribution in [3.8, 4) is 22.3 Å². The number of aromatic nitrogens is 3. The molecule has 0 saturated heterocycles. The second-order valence-corrected chi connectivity index (χ2v) is 11.6. The monoisotopic (exact) mass is 586 g/mol. The highest BCUT2D eigenvalue weighted by molar-refractivity contribution is 6.98. The highest BCUT2D eigenvalue weighted by Crippen LogP contribution is 2.40. The Morgan fingerprint density at radius 3 is 1.89 bits per heavy atom. The fourth-order valence-electron chi connectivity index (χ4n) is 7.08. The fourth-order valence-corrected chi connectivity index (χ4v) is 7.08. The number of benzene rings is 6. The normalized spacial score (nSPS) is 11.9. The largest absolute Gasteiger partial charge is 0.294 e. The highest BCUT2D eigenvalue weighted by atomic mass is 15.2. The third kappa shape index (κ3) is 4.21. The van der Waals surface area contributed by atoms with Crippen LogP contribution in [-0.4, -0.2) is 21.7 Å². The number of nitrogens with zero attached hydrogens (tertiary/aromatic N) is 4. The van der Waals surface area contributed by atoms with Crippen LogP contribution in [0.2, 0.25) is 0 Å². The molecule has 46 heavy (non-hydrogen) atoms. The van der Waals surface area contributed by atoms with E-state index >= 15 is 0 Å². The first-order valence-electron chi connectivity index (χ1n) is 15.6. The van der Waals surface area contributed by atoms with Gasteiger partial charge < -0.3 is 0 Å². The molecule has 0 unspecified atom stereocenters. The van der Waals surface area contributed by atoms with Gasteiger partial charge in [0, 0.05) is 40.3 Å². The molecule has 0 radical (unpaired) electrons. The molecule has 3 heterocycles. The number of hydrogen-bond donors (Lipinski definition) is 0. The summed E-state index contributed by atoms with van der Waals surface area (Å²) in [5, 5.41) is 3.62. The van der Waals surface area contributed by atoms with E-state index in [-0.39, 0.29) is 6.71 Å². The summed E-state index contributed by atoms with van der Waals surface area (Å²) < 4.78 is 0. The predicted octanol–water partition coefficient (Wildman–Crippen LogP) is 7.81. The fraction of sp³-hybridized carbons (Fsp3) is 0. The zero-order valence-corrected chi connectivity index (χ0v) is 25.0. The lowest BCUT2D eigenvalue weighted by molar-refractivity contribution is 1.14. The maximum atomic E-state index is 5.13. The Morgan fingerprint density at radius 2 is 1.11 bits per heavy atom. The molecule has 0 N–H and O–H groups in total. The Bertz CT molecular complexity index is 2330. The third-order valence-electron chi connectivity index (χ3n) is 9.07. The summed E-state index contributed by atoms with van der Waals surface area (Å²) in [7, 11) is 0. The van der Waals surface area contributed by atoms with Crippen LogP contribution in [-0.2, 0) is 0 Å². The van der Waals surface area contributed by atoms with E-state index in [1.807, 2.05) is 48.8 Å². The number of para-hydroxylation sites is 2. The summed E-state index contributed by atoms with van der Waals surface area (Å²) in [5.41, 5.74) is 11.2. The van der Waals surface area contributed by atoms with Crippen molar-refractivity contribution in [1.29, 1.82) is 0 Å². The van der Waals surface area contributed by atoms with E-state index in [2.05, 4.69) is 120 Å². The van der Waals surface area contributed by atoms with Crippen molar-refractivity contribution >= 4 is 62.1 Å². The van der Waals surface area contributed by atoms with Crippen LogP contribution in [0.4, 0.5) is 17.2 Å². The summed E-state index contributed by atoms with van der Waals surface area (Å²) in [6.07, 6.45) is 5.90. The summed E-state index contributed by atoms with van der Waals surface area (Å²) in [5.74, 6) is 0.767. The van der Waals surface area contributed by atoms with Gasteiger partial charge in [-0.1, -0.05) is 126 Å². The lowest BCUT2D eigenvalue weighted by atomic mass is 9.35. The molecular weight excluding hydrogens is 559 g/mol.